The van der Waals surface area contributed by atoms with Crippen LogP contribution in [0, 0.1) is 17.8 Å². The van der Waals surface area contributed by atoms with Crippen molar-refractivity contribution in [3.8, 4) is 0 Å². The molecule has 2 rings (SSSR count). The number of esters is 2. The Morgan fingerprint density at radius 2 is 1.88 bits per heavy atom. The molecular weight excluding hydrogens is 572 g/mol. The van der Waals surface area contributed by atoms with Crippen molar-refractivity contribution in [2.75, 3.05) is 20.3 Å². The second-order valence-corrected chi connectivity index (χ2v) is 13.2. The van der Waals surface area contributed by atoms with Gasteiger partial charge in [-0.25, -0.2) is 4.98 Å². The summed E-state index contributed by atoms with van der Waals surface area (Å²) >= 11 is 1.19. The first-order valence-corrected chi connectivity index (χ1v) is 16.2. The zero-order chi connectivity index (χ0) is 32.3. The summed E-state index contributed by atoms with van der Waals surface area (Å²) < 4.78 is 11.3. The van der Waals surface area contributed by atoms with Crippen LogP contribution in [-0.4, -0.2) is 83.3 Å². The van der Waals surface area contributed by atoms with Crippen LogP contribution in [0.2, 0.25) is 0 Å². The van der Waals surface area contributed by atoms with Crippen LogP contribution >= 0.6 is 11.3 Å². The van der Waals surface area contributed by atoms with Gasteiger partial charge < -0.3 is 19.7 Å². The van der Waals surface area contributed by atoms with Gasteiger partial charge in [-0.1, -0.05) is 54.4 Å². The van der Waals surface area contributed by atoms with Gasteiger partial charge in [0.1, 0.15) is 16.7 Å². The zero-order valence-corrected chi connectivity index (χ0v) is 27.8. The Balaban J connectivity index is 2.47. The van der Waals surface area contributed by atoms with Crippen molar-refractivity contribution in [3.05, 3.63) is 16.1 Å². The van der Waals surface area contributed by atoms with E-state index in [-0.39, 0.29) is 60.9 Å². The van der Waals surface area contributed by atoms with Crippen LogP contribution in [0.5, 0.6) is 0 Å². The molecule has 0 saturated carbocycles. The monoisotopic (exact) mass is 622 g/mol. The molecule has 242 valence electrons. The first-order valence-electron chi connectivity index (χ1n) is 15.3. The van der Waals surface area contributed by atoms with E-state index in [2.05, 4.69) is 10.3 Å². The van der Waals surface area contributed by atoms with Gasteiger partial charge in [-0.15, -0.1) is 11.3 Å². The SMILES string of the molecule is CC[C@H](C)[C@H](NC(=O)[C@H]1CCCCN1C)C(=O)N(COC(=O)CC(C)C)[C@H](C[C@@H](OC(C)=O)c1nc(C=O)cs1)C(C)C. The molecule has 43 heavy (non-hydrogen) atoms. The van der Waals surface area contributed by atoms with Crippen molar-refractivity contribution < 1.29 is 33.4 Å². The number of nitrogens with one attached hydrogen (secondary N) is 1. The fourth-order valence-electron chi connectivity index (χ4n) is 5.26. The maximum Gasteiger partial charge on any atom is 0.307 e. The molecule has 1 N–H and O–H groups in total. The molecule has 2 heterocycles. The van der Waals surface area contributed by atoms with Crippen molar-refractivity contribution in [2.24, 2.45) is 17.8 Å². The Kier molecular flexibility index (Phi) is 14.7. The second kappa shape index (κ2) is 17.4. The summed E-state index contributed by atoms with van der Waals surface area (Å²) in [6, 6.07) is -1.74. The van der Waals surface area contributed by atoms with Gasteiger partial charge in [0.25, 0.3) is 0 Å². The fraction of sp³-hybridized carbons (Fsp3) is 0.742. The van der Waals surface area contributed by atoms with Crippen molar-refractivity contribution in [3.63, 3.8) is 0 Å². The Hall–Kier alpha value is -2.86. The predicted octanol–water partition coefficient (Wildman–Crippen LogP) is 4.37. The first-order chi connectivity index (χ1) is 20.3. The summed E-state index contributed by atoms with van der Waals surface area (Å²) in [6.45, 7) is 13.3. The van der Waals surface area contributed by atoms with E-state index in [1.807, 2.05) is 53.5 Å². The minimum atomic E-state index is -0.855. The van der Waals surface area contributed by atoms with Gasteiger partial charge in [0, 0.05) is 31.2 Å². The quantitative estimate of drug-likeness (QED) is 0.162. The Bertz CT molecular complexity index is 1090. The number of rotatable bonds is 16. The number of amides is 2. The lowest BCUT2D eigenvalue weighted by atomic mass is 9.92. The molecule has 0 bridgehead atoms. The van der Waals surface area contributed by atoms with Gasteiger partial charge in [-0.2, -0.15) is 0 Å². The number of aromatic nitrogens is 1. The first kappa shape index (κ1) is 36.3. The molecule has 0 spiro atoms. The van der Waals surface area contributed by atoms with Crippen LogP contribution in [0.1, 0.15) is 109 Å². The van der Waals surface area contributed by atoms with Gasteiger partial charge in [0.15, 0.2) is 19.1 Å². The minimum absolute atomic E-state index is 0.0717. The third-order valence-electron chi connectivity index (χ3n) is 7.94. The molecule has 12 heteroatoms. The third-order valence-corrected chi connectivity index (χ3v) is 8.90. The van der Waals surface area contributed by atoms with Crippen LogP contribution < -0.4 is 5.32 Å². The van der Waals surface area contributed by atoms with Crippen molar-refractivity contribution in [2.45, 2.75) is 111 Å². The Morgan fingerprint density at radius 1 is 1.19 bits per heavy atom. The molecule has 1 saturated heterocycles. The van der Waals surface area contributed by atoms with E-state index < -0.39 is 30.1 Å². The number of likely N-dealkylation sites (N-methyl/N-ethyl adjacent to an activating group) is 1. The summed E-state index contributed by atoms with van der Waals surface area (Å²) in [6.07, 6.45) is 3.45. The van der Waals surface area contributed by atoms with E-state index in [1.54, 1.807) is 5.38 Å². The second-order valence-electron chi connectivity index (χ2n) is 12.3. The number of nitrogens with zero attached hydrogens (tertiary/aromatic N) is 3. The van der Waals surface area contributed by atoms with Gasteiger partial charge in [0.05, 0.1) is 6.04 Å². The lowest BCUT2D eigenvalue weighted by molar-refractivity contribution is -0.160. The van der Waals surface area contributed by atoms with E-state index in [0.29, 0.717) is 17.7 Å². The molecule has 1 aliphatic rings. The highest BCUT2D eigenvalue weighted by atomic mass is 32.1. The van der Waals surface area contributed by atoms with Crippen LogP contribution in [0.25, 0.3) is 0 Å². The molecule has 1 fully saturated rings. The Labute approximate surface area is 260 Å². The zero-order valence-electron chi connectivity index (χ0n) is 27.0. The van der Waals surface area contributed by atoms with Gasteiger partial charge in [-0.05, 0) is 44.2 Å². The minimum Gasteiger partial charge on any atom is -0.455 e. The fourth-order valence-corrected chi connectivity index (χ4v) is 6.06. The number of hydrogen-bond donors (Lipinski definition) is 1. The van der Waals surface area contributed by atoms with E-state index in [1.165, 1.54) is 23.2 Å². The van der Waals surface area contributed by atoms with Gasteiger partial charge in [-0.3, -0.25) is 28.9 Å². The third kappa shape index (κ3) is 11.0. The molecule has 11 nitrogen and oxygen atoms in total. The molecule has 0 radical (unpaired) electrons. The average Bonchev–Trinajstić information content (AvgIpc) is 3.43. The highest BCUT2D eigenvalue weighted by molar-refractivity contribution is 7.09. The average molecular weight is 623 g/mol. The number of hydrogen-bond acceptors (Lipinski definition) is 10. The maximum atomic E-state index is 14.5. The molecule has 0 aromatic carbocycles. The standard InChI is InChI=1S/C31H50N4O7S/c1-9-21(6)28(33-29(39)24-12-10-11-13-34(24)8)31(40)35(18-41-27(38)14-19(2)3)25(20(4)5)15-26(42-22(7)37)30-32-23(16-36)17-43-30/h16-17,19-21,24-26,28H,9-15,18H2,1-8H3,(H,33,39)/t21-,24+,25+,26+,28-/m0/s1. The summed E-state index contributed by atoms with van der Waals surface area (Å²) in [4.78, 5) is 71.8. The predicted molar refractivity (Wildman–Crippen MR) is 164 cm³/mol. The molecule has 1 aromatic heterocycles. The summed E-state index contributed by atoms with van der Waals surface area (Å²) in [5.41, 5.74) is 0.223. The highest BCUT2D eigenvalue weighted by Gasteiger charge is 2.39. The lowest BCUT2D eigenvalue weighted by Gasteiger charge is -2.39. The van der Waals surface area contributed by atoms with Crippen LogP contribution in [0.4, 0.5) is 0 Å². The smallest absolute Gasteiger partial charge is 0.307 e. The highest BCUT2D eigenvalue weighted by Crippen LogP contribution is 2.31. The van der Waals surface area contributed by atoms with Gasteiger partial charge in [0.2, 0.25) is 11.8 Å². The van der Waals surface area contributed by atoms with Crippen LogP contribution in [-0.2, 0) is 28.7 Å². The number of thiazole rings is 1. The number of carbonyl (C=O) groups excluding carboxylic acids is 5. The number of piperidine rings is 1. The molecular formula is C31H50N4O7S. The molecule has 2 amide bonds. The van der Waals surface area contributed by atoms with E-state index in [4.69, 9.17) is 9.47 Å². The van der Waals surface area contributed by atoms with E-state index >= 15 is 0 Å². The topological polar surface area (TPSA) is 135 Å². The maximum absolute atomic E-state index is 14.5. The molecule has 0 unspecified atom stereocenters. The number of aldehydes is 1. The normalized spacial score (nSPS) is 18.4. The molecule has 1 aromatic rings. The van der Waals surface area contributed by atoms with Crippen LogP contribution in [0.3, 0.4) is 0 Å². The molecule has 0 aliphatic carbocycles. The van der Waals surface area contributed by atoms with Crippen LogP contribution in [0.15, 0.2) is 5.38 Å². The van der Waals surface area contributed by atoms with E-state index in [0.717, 1.165) is 25.8 Å². The number of carbonyl (C=O) groups is 5. The molecule has 1 aliphatic heterocycles. The number of likely N-dealkylation sites (tertiary alicyclic amines) is 1. The summed E-state index contributed by atoms with van der Waals surface area (Å²) in [7, 11) is 1.92. The number of ether oxygens (including phenoxy) is 2. The molecule has 5 atom stereocenters. The van der Waals surface area contributed by atoms with E-state index in [9.17, 15) is 24.0 Å². The Morgan fingerprint density at radius 3 is 2.42 bits per heavy atom. The van der Waals surface area contributed by atoms with Crippen molar-refractivity contribution >= 4 is 41.4 Å². The summed E-state index contributed by atoms with van der Waals surface area (Å²) in [5, 5.41) is 5.05. The van der Waals surface area contributed by atoms with Gasteiger partial charge >= 0.3 is 11.9 Å². The largest absolute Gasteiger partial charge is 0.455 e. The van der Waals surface area contributed by atoms with Crippen molar-refractivity contribution in [1.82, 2.24) is 20.1 Å². The van der Waals surface area contributed by atoms with Crippen molar-refractivity contribution in [1.29, 1.82) is 0 Å². The lowest BCUT2D eigenvalue weighted by Crippen LogP contribution is -2.59. The summed E-state index contributed by atoms with van der Waals surface area (Å²) in [5.74, 6) is -1.82.